The Morgan fingerprint density at radius 1 is 1.33 bits per heavy atom. The monoisotopic (exact) mass is 316 g/mol. The van der Waals surface area contributed by atoms with Crippen LogP contribution < -0.4 is 0 Å². The molecule has 0 saturated carbocycles. The van der Waals surface area contributed by atoms with Crippen molar-refractivity contribution in [2.75, 3.05) is 33.7 Å². The number of hydrogen-bond donors (Lipinski definition) is 0. The lowest BCUT2D eigenvalue weighted by Crippen LogP contribution is -2.38. The molecule has 1 heterocycles. The highest BCUT2D eigenvalue weighted by Crippen LogP contribution is 2.16. The van der Waals surface area contributed by atoms with Gasteiger partial charge in [-0.25, -0.2) is 0 Å². The van der Waals surface area contributed by atoms with Crippen LogP contribution in [0, 0.1) is 5.92 Å². The normalized spacial score (nSPS) is 11.3. The van der Waals surface area contributed by atoms with Gasteiger partial charge in [0.1, 0.15) is 0 Å². The zero-order chi connectivity index (χ0) is 13.7. The second-order valence-corrected chi connectivity index (χ2v) is 5.83. The molecule has 0 N–H and O–H groups in total. The number of amides is 1. The van der Waals surface area contributed by atoms with E-state index in [0.717, 1.165) is 13.1 Å². The van der Waals surface area contributed by atoms with Gasteiger partial charge in [-0.15, -0.1) is 0 Å². The maximum Gasteiger partial charge on any atom is 0.289 e. The van der Waals surface area contributed by atoms with Crippen LogP contribution in [0.5, 0.6) is 0 Å². The molecule has 5 heteroatoms. The molecule has 1 aromatic heterocycles. The first-order valence-electron chi connectivity index (χ1n) is 6.09. The minimum atomic E-state index is -0.0451. The summed E-state index contributed by atoms with van der Waals surface area (Å²) in [5, 5.41) is 0. The van der Waals surface area contributed by atoms with Crippen molar-refractivity contribution in [3.05, 3.63) is 22.6 Å². The van der Waals surface area contributed by atoms with Gasteiger partial charge in [-0.1, -0.05) is 13.8 Å². The summed E-state index contributed by atoms with van der Waals surface area (Å²) in [6.45, 7) is 6.51. The quantitative estimate of drug-likeness (QED) is 0.809. The van der Waals surface area contributed by atoms with Gasteiger partial charge in [0.05, 0.1) is 0 Å². The minimum Gasteiger partial charge on any atom is -0.444 e. The zero-order valence-electron chi connectivity index (χ0n) is 11.4. The number of nitrogens with zero attached hydrogens (tertiary/aromatic N) is 2. The van der Waals surface area contributed by atoms with Crippen molar-refractivity contribution < 1.29 is 9.21 Å². The lowest BCUT2D eigenvalue weighted by atomic mass is 10.2. The lowest BCUT2D eigenvalue weighted by molar-refractivity contribution is 0.0691. The molecule has 18 heavy (non-hydrogen) atoms. The van der Waals surface area contributed by atoms with E-state index in [1.54, 1.807) is 12.1 Å². The summed E-state index contributed by atoms with van der Waals surface area (Å²) in [5.41, 5.74) is 0. The van der Waals surface area contributed by atoms with Crippen LogP contribution in [0.3, 0.4) is 0 Å². The SMILES string of the molecule is CC(C)CN(CCN(C)C)C(=O)c1ccc(Br)o1. The Hall–Kier alpha value is -0.810. The first-order chi connectivity index (χ1) is 8.40. The average molecular weight is 317 g/mol. The molecule has 1 aromatic rings. The Kier molecular flexibility index (Phi) is 5.88. The van der Waals surface area contributed by atoms with E-state index in [2.05, 4.69) is 34.7 Å². The van der Waals surface area contributed by atoms with Crippen LogP contribution in [0.4, 0.5) is 0 Å². The van der Waals surface area contributed by atoms with Crippen molar-refractivity contribution in [1.82, 2.24) is 9.80 Å². The Morgan fingerprint density at radius 2 is 2.00 bits per heavy atom. The van der Waals surface area contributed by atoms with Crippen LogP contribution in [0.15, 0.2) is 21.2 Å². The predicted molar refractivity (Wildman–Crippen MR) is 75.7 cm³/mol. The molecule has 4 nitrogen and oxygen atoms in total. The van der Waals surface area contributed by atoms with Crippen LogP contribution in [-0.2, 0) is 0 Å². The summed E-state index contributed by atoms with van der Waals surface area (Å²) in [5.74, 6) is 0.784. The fourth-order valence-electron chi connectivity index (χ4n) is 1.62. The number of likely N-dealkylation sites (N-methyl/N-ethyl adjacent to an activating group) is 1. The van der Waals surface area contributed by atoms with Crippen molar-refractivity contribution in [3.8, 4) is 0 Å². The third-order valence-electron chi connectivity index (χ3n) is 2.47. The number of carbonyl (C=O) groups excluding carboxylic acids is 1. The Labute approximate surface area is 117 Å². The topological polar surface area (TPSA) is 36.7 Å². The summed E-state index contributed by atoms with van der Waals surface area (Å²) < 4.78 is 5.91. The zero-order valence-corrected chi connectivity index (χ0v) is 13.0. The molecule has 0 bridgehead atoms. The van der Waals surface area contributed by atoms with E-state index in [1.165, 1.54) is 0 Å². The fraction of sp³-hybridized carbons (Fsp3) is 0.615. The smallest absolute Gasteiger partial charge is 0.289 e. The van der Waals surface area contributed by atoms with E-state index in [9.17, 15) is 4.79 Å². The number of hydrogen-bond acceptors (Lipinski definition) is 3. The highest BCUT2D eigenvalue weighted by atomic mass is 79.9. The highest BCUT2D eigenvalue weighted by molar-refractivity contribution is 9.10. The molecule has 0 atom stereocenters. The summed E-state index contributed by atoms with van der Waals surface area (Å²) in [4.78, 5) is 16.2. The van der Waals surface area contributed by atoms with Gasteiger partial charge in [-0.2, -0.15) is 0 Å². The number of rotatable bonds is 6. The largest absolute Gasteiger partial charge is 0.444 e. The molecule has 0 radical (unpaired) electrons. The van der Waals surface area contributed by atoms with Crippen LogP contribution >= 0.6 is 15.9 Å². The van der Waals surface area contributed by atoms with E-state index in [4.69, 9.17) is 4.42 Å². The van der Waals surface area contributed by atoms with Crippen LogP contribution in [0.2, 0.25) is 0 Å². The number of halogens is 1. The van der Waals surface area contributed by atoms with Gasteiger partial charge in [0.15, 0.2) is 10.4 Å². The first kappa shape index (κ1) is 15.2. The molecule has 102 valence electrons. The van der Waals surface area contributed by atoms with Gasteiger partial charge < -0.3 is 14.2 Å². The summed E-state index contributed by atoms with van der Waals surface area (Å²) >= 11 is 3.22. The minimum absolute atomic E-state index is 0.0451. The van der Waals surface area contributed by atoms with E-state index in [-0.39, 0.29) is 5.91 Å². The molecule has 0 aromatic carbocycles. The van der Waals surface area contributed by atoms with E-state index >= 15 is 0 Å². The van der Waals surface area contributed by atoms with E-state index in [1.807, 2.05) is 19.0 Å². The Bertz CT molecular complexity index is 388. The van der Waals surface area contributed by atoms with E-state index < -0.39 is 0 Å². The van der Waals surface area contributed by atoms with Crippen molar-refractivity contribution in [3.63, 3.8) is 0 Å². The van der Waals surface area contributed by atoms with Crippen molar-refractivity contribution in [2.45, 2.75) is 13.8 Å². The van der Waals surface area contributed by atoms with E-state index in [0.29, 0.717) is 22.9 Å². The van der Waals surface area contributed by atoms with Crippen molar-refractivity contribution >= 4 is 21.8 Å². The first-order valence-corrected chi connectivity index (χ1v) is 6.88. The van der Waals surface area contributed by atoms with Gasteiger partial charge in [-0.05, 0) is 48.1 Å². The molecule has 0 aliphatic carbocycles. The van der Waals surface area contributed by atoms with Gasteiger partial charge in [-0.3, -0.25) is 4.79 Å². The van der Waals surface area contributed by atoms with Gasteiger partial charge in [0.25, 0.3) is 5.91 Å². The maximum atomic E-state index is 12.3. The summed E-state index contributed by atoms with van der Waals surface area (Å²) in [7, 11) is 4.00. The number of carbonyl (C=O) groups is 1. The average Bonchev–Trinajstić information content (AvgIpc) is 2.69. The molecule has 0 aliphatic heterocycles. The third kappa shape index (κ3) is 4.82. The Morgan fingerprint density at radius 3 is 2.44 bits per heavy atom. The standard InChI is InChI=1S/C13H21BrN2O2/c1-10(2)9-16(8-7-15(3)4)13(17)11-5-6-12(14)18-11/h5-6,10H,7-9H2,1-4H3. The maximum absolute atomic E-state index is 12.3. The second kappa shape index (κ2) is 6.95. The molecule has 0 aliphatic rings. The van der Waals surface area contributed by atoms with Gasteiger partial charge >= 0.3 is 0 Å². The van der Waals surface area contributed by atoms with Crippen LogP contribution in [0.25, 0.3) is 0 Å². The molecule has 0 fully saturated rings. The molecular formula is C13H21BrN2O2. The Balaban J connectivity index is 2.72. The summed E-state index contributed by atoms with van der Waals surface area (Å²) in [6.07, 6.45) is 0. The van der Waals surface area contributed by atoms with Crippen molar-refractivity contribution in [2.24, 2.45) is 5.92 Å². The third-order valence-corrected chi connectivity index (χ3v) is 2.90. The predicted octanol–water partition coefficient (Wildman–Crippen LogP) is 2.70. The number of furan rings is 1. The lowest BCUT2D eigenvalue weighted by Gasteiger charge is -2.25. The van der Waals surface area contributed by atoms with Crippen molar-refractivity contribution in [1.29, 1.82) is 0 Å². The summed E-state index contributed by atoms with van der Waals surface area (Å²) in [6, 6.07) is 3.45. The molecule has 1 rings (SSSR count). The molecule has 0 spiro atoms. The van der Waals surface area contributed by atoms with Gasteiger partial charge in [0.2, 0.25) is 0 Å². The molecule has 0 saturated heterocycles. The molecule has 0 unspecified atom stereocenters. The van der Waals surface area contributed by atoms with Gasteiger partial charge in [0, 0.05) is 19.6 Å². The highest BCUT2D eigenvalue weighted by Gasteiger charge is 2.19. The second-order valence-electron chi connectivity index (χ2n) is 5.05. The van der Waals surface area contributed by atoms with Crippen LogP contribution in [-0.4, -0.2) is 49.4 Å². The fourth-order valence-corrected chi connectivity index (χ4v) is 1.93. The van der Waals surface area contributed by atoms with Crippen LogP contribution in [0.1, 0.15) is 24.4 Å². The molecular weight excluding hydrogens is 296 g/mol. The molecule has 1 amide bonds.